The molecule has 0 fully saturated rings. The van der Waals surface area contributed by atoms with E-state index in [4.69, 9.17) is 25.9 Å². The minimum absolute atomic E-state index is 0.218. The molecule has 0 aliphatic carbocycles. The van der Waals surface area contributed by atoms with Gasteiger partial charge in [-0.1, -0.05) is 229 Å². The molecule has 0 aliphatic heterocycles. The predicted octanol–water partition coefficient (Wildman–Crippen LogP) is 26.7. The quantitative estimate of drug-likeness (QED) is 0.156. The Morgan fingerprint density at radius 1 is 0.233 bits per heavy atom. The van der Waals surface area contributed by atoms with E-state index in [0.717, 1.165) is 88.6 Å². The van der Waals surface area contributed by atoms with Crippen molar-refractivity contribution in [3.05, 3.63) is 360 Å². The summed E-state index contributed by atoms with van der Waals surface area (Å²) in [4.78, 5) is 0. The van der Waals surface area contributed by atoms with Gasteiger partial charge >= 0.3 is 0 Å². The molecule has 0 atom stereocenters. The molecule has 0 bridgehead atoms. The monoisotopic (exact) mass is 1510 g/mol. The summed E-state index contributed by atoms with van der Waals surface area (Å²) < 4.78 is 81.7. The van der Waals surface area contributed by atoms with Gasteiger partial charge in [0.1, 0.15) is 50.5 Å². The van der Waals surface area contributed by atoms with Gasteiger partial charge < -0.3 is 17.7 Å². The van der Waals surface area contributed by atoms with Crippen molar-refractivity contribution in [1.29, 1.82) is 0 Å². The third kappa shape index (κ3) is 12.6. The molecule has 560 valence electrons. The first-order chi connectivity index (χ1) is 58.9. The number of nitrogens with zero attached hydrogens (tertiary/aromatic N) is 4. The van der Waals surface area contributed by atoms with Crippen LogP contribution in [0.5, 0.6) is 0 Å². The fraction of sp³-hybridized carbons (Fsp3) is 0.111. The second kappa shape index (κ2) is 29.1. The molecule has 0 aliphatic rings. The van der Waals surface area contributed by atoms with Crippen LogP contribution in [0.25, 0.3) is 198 Å². The third-order valence-corrected chi connectivity index (χ3v) is 23.3. The summed E-state index contributed by atoms with van der Waals surface area (Å²) in [6.07, 6.45) is 8.04. The van der Waals surface area contributed by atoms with Gasteiger partial charge in [0.2, 0.25) is 22.3 Å². The number of furan rings is 4. The van der Waals surface area contributed by atoms with Crippen LogP contribution < -0.4 is 18.3 Å². The number of aryl methyl sites for hydroxylation is 12. The highest BCUT2D eigenvalue weighted by atomic mass is 16.3. The Kier molecular flexibility index (Phi) is 16.5. The van der Waals surface area contributed by atoms with Crippen LogP contribution in [-0.2, 0) is 28.2 Å². The average Bonchev–Trinajstić information content (AvgIpc) is 1.58. The van der Waals surface area contributed by atoms with Gasteiger partial charge in [-0.2, -0.15) is 18.3 Å². The van der Waals surface area contributed by atoms with E-state index in [-0.39, 0.29) is 11.1 Å². The molecule has 0 radical (unpaired) electrons. The van der Waals surface area contributed by atoms with E-state index >= 15 is 0 Å². The Morgan fingerprint density at radius 3 is 1.09 bits per heavy atom. The zero-order chi connectivity index (χ0) is 84.3. The van der Waals surface area contributed by atoms with E-state index in [0.29, 0.717) is 22.2 Å². The number of hydrogen-bond donors (Lipinski definition) is 0. The number of aromatic nitrogens is 4. The lowest BCUT2D eigenvalue weighted by Gasteiger charge is -2.07. The van der Waals surface area contributed by atoms with Crippen molar-refractivity contribution >= 4 is 131 Å². The normalized spacial score (nSPS) is 12.6. The molecule has 8 aromatic heterocycles. The number of fused-ring (bicyclic) bond motifs is 20. The highest BCUT2D eigenvalue weighted by Crippen LogP contribution is 2.45. The van der Waals surface area contributed by atoms with E-state index in [2.05, 4.69) is 325 Å². The van der Waals surface area contributed by atoms with Crippen LogP contribution in [0.4, 0.5) is 0 Å². The van der Waals surface area contributed by atoms with Crippen LogP contribution in [0, 0.1) is 55.2 Å². The van der Waals surface area contributed by atoms with Crippen LogP contribution in [0.2, 0.25) is 0 Å². The Labute approximate surface area is 682 Å². The van der Waals surface area contributed by atoms with Crippen LogP contribution >= 0.6 is 0 Å². The SMILES string of the molecule is Cc1ccc(-c2ccc3c(ccc4oc5c(-c6ccccc6C)[n+](C)ccc5c43)c2)cc1.Cc1ccc2c(ccc3oc4c(-c5ccccc5C)[n+](C)ccc4c32)c1.Cc1ccccc1-c1c2oc3ccc4cc(-c5ccccc5)ccc4c3c2cc[n+]1C.[2H]C([2H])([2H])c1ccc(-c2c3oc4ccc5ccccc5c4c3c(C([2H])([2H])[2H])c[n+]2C)c(C)c1. The standard InChI is InChI=1S/C30H24NO.C29H22NO.C25H22NO.C24H20NO/c1-19-8-10-21(11-9-19)22-12-14-25-23(18-22)13-15-27-28(25)26-16-17-31(3)29(30(26)32-27)24-7-5-4-6-20(24)2;1-19-8-6-7-11-23(19)28-29-25(16-17-30(28)2)27-24-14-12-21(20-9-4-3-5-10-20)18-22(24)13-15-26(27)31-29;1-15-9-11-19(16(2)13-15)24-25-22(17(3)14-26(24)4)23-20-8-6-5-7-18(20)10-12-21(23)27-25;1-15-8-10-19-17(14-15)9-11-21-22(19)20-12-13-25(3)23(24(20)26-21)18-7-5-4-6-16(18)2/h4-18H,1-3H3;3-18H,1-2H3;5-14H,1-4H3;4-14H,1-3H3/q4*+1/i;;1D3,3D3;. The second-order valence-electron chi connectivity index (χ2n) is 30.9. The highest BCUT2D eigenvalue weighted by Gasteiger charge is 2.29. The Morgan fingerprint density at radius 2 is 0.612 bits per heavy atom. The van der Waals surface area contributed by atoms with Gasteiger partial charge in [0.25, 0.3) is 22.8 Å². The smallest absolute Gasteiger partial charge is 0.256 e. The van der Waals surface area contributed by atoms with Gasteiger partial charge in [0.15, 0.2) is 24.8 Å². The van der Waals surface area contributed by atoms with E-state index in [9.17, 15) is 0 Å². The summed E-state index contributed by atoms with van der Waals surface area (Å²) in [6, 6.07) is 101. The maximum Gasteiger partial charge on any atom is 0.256 e. The Balaban J connectivity index is 0.000000107. The molecule has 0 unspecified atom stereocenters. The van der Waals surface area contributed by atoms with Crippen molar-refractivity contribution in [3.63, 3.8) is 0 Å². The van der Waals surface area contributed by atoms with E-state index in [1.165, 1.54) is 121 Å². The van der Waals surface area contributed by atoms with Gasteiger partial charge in [-0.15, -0.1) is 0 Å². The maximum absolute atomic E-state index is 8.20. The number of hydrogen-bond acceptors (Lipinski definition) is 4. The van der Waals surface area contributed by atoms with Crippen molar-refractivity contribution in [2.24, 2.45) is 28.2 Å². The van der Waals surface area contributed by atoms with Gasteiger partial charge in [0.05, 0.1) is 22.3 Å². The number of benzene rings is 14. The van der Waals surface area contributed by atoms with Crippen LogP contribution in [0.1, 0.15) is 52.7 Å². The van der Waals surface area contributed by atoms with Crippen molar-refractivity contribution < 1.29 is 44.2 Å². The first-order valence-corrected chi connectivity index (χ1v) is 39.4. The molecule has 8 nitrogen and oxygen atoms in total. The lowest BCUT2D eigenvalue weighted by molar-refractivity contribution is -0.659. The topological polar surface area (TPSA) is 68.1 Å². The highest BCUT2D eigenvalue weighted by molar-refractivity contribution is 6.24. The summed E-state index contributed by atoms with van der Waals surface area (Å²) in [7, 11) is 8.03. The van der Waals surface area contributed by atoms with Crippen LogP contribution in [-0.4, -0.2) is 0 Å². The molecule has 0 saturated heterocycles. The largest absolute Gasteiger partial charge is 0.449 e. The third-order valence-electron chi connectivity index (χ3n) is 23.3. The molecular formula is C108H88N4O4+4. The van der Waals surface area contributed by atoms with E-state index in [1.54, 1.807) is 36.0 Å². The number of pyridine rings is 4. The summed E-state index contributed by atoms with van der Waals surface area (Å²) in [5.41, 5.74) is 27.6. The van der Waals surface area contributed by atoms with Gasteiger partial charge in [0, 0.05) is 75.1 Å². The maximum atomic E-state index is 8.20. The van der Waals surface area contributed by atoms with Crippen molar-refractivity contribution in [1.82, 2.24) is 0 Å². The minimum atomic E-state index is -2.34. The minimum Gasteiger partial charge on any atom is -0.449 e. The van der Waals surface area contributed by atoms with E-state index in [1.807, 2.05) is 43.3 Å². The summed E-state index contributed by atoms with van der Waals surface area (Å²) in [5, 5.41) is 17.7. The van der Waals surface area contributed by atoms with E-state index < -0.39 is 13.7 Å². The molecule has 22 rings (SSSR count). The molecule has 8 heterocycles. The first kappa shape index (κ1) is 65.5. The summed E-state index contributed by atoms with van der Waals surface area (Å²) >= 11 is 0. The van der Waals surface area contributed by atoms with Crippen molar-refractivity contribution in [2.45, 2.75) is 55.2 Å². The molecule has 116 heavy (non-hydrogen) atoms. The lowest BCUT2D eigenvalue weighted by atomic mass is 9.97. The second-order valence-corrected chi connectivity index (χ2v) is 30.9. The molecule has 0 spiro atoms. The Bertz CT molecular complexity index is 7990. The molecule has 0 saturated carbocycles. The van der Waals surface area contributed by atoms with Crippen molar-refractivity contribution in [2.75, 3.05) is 0 Å². The lowest BCUT2D eigenvalue weighted by Crippen LogP contribution is -2.31. The predicted molar refractivity (Wildman–Crippen MR) is 480 cm³/mol. The first-order valence-electron chi connectivity index (χ1n) is 42.4. The molecular weight excluding hydrogens is 1420 g/mol. The average molecular weight is 1510 g/mol. The molecule has 14 aromatic carbocycles. The van der Waals surface area contributed by atoms with Crippen LogP contribution in [0.15, 0.2) is 334 Å². The molecule has 0 amide bonds. The van der Waals surface area contributed by atoms with Crippen molar-refractivity contribution in [3.8, 4) is 67.3 Å². The van der Waals surface area contributed by atoms with Crippen LogP contribution in [0.3, 0.4) is 0 Å². The Hall–Kier alpha value is -14.1. The van der Waals surface area contributed by atoms with Gasteiger partial charge in [-0.25, -0.2) is 0 Å². The zero-order valence-electron chi connectivity index (χ0n) is 72.4. The fourth-order valence-electron chi connectivity index (χ4n) is 17.4. The van der Waals surface area contributed by atoms with Gasteiger partial charge in [-0.3, -0.25) is 0 Å². The van der Waals surface area contributed by atoms with Gasteiger partial charge in [-0.05, 0) is 204 Å². The summed E-state index contributed by atoms with van der Waals surface area (Å²) in [6.45, 7) is 8.01. The molecule has 0 N–H and O–H groups in total. The molecule has 8 heteroatoms. The number of rotatable bonds is 6. The fourth-order valence-corrected chi connectivity index (χ4v) is 17.4. The molecule has 22 aromatic rings. The summed E-state index contributed by atoms with van der Waals surface area (Å²) in [5.74, 6) is 0. The zero-order valence-corrected chi connectivity index (χ0v) is 66.4.